The van der Waals surface area contributed by atoms with E-state index in [4.69, 9.17) is 0 Å². The molecule has 2 rings (SSSR count). The summed E-state index contributed by atoms with van der Waals surface area (Å²) in [6.07, 6.45) is 8.15. The van der Waals surface area contributed by atoms with Crippen molar-refractivity contribution in [2.24, 2.45) is 5.92 Å². The Morgan fingerprint density at radius 1 is 1.60 bits per heavy atom. The normalized spacial score (nSPS) is 18.8. The van der Waals surface area contributed by atoms with Gasteiger partial charge in [0.2, 0.25) is 0 Å². The van der Waals surface area contributed by atoms with Gasteiger partial charge in [-0.15, -0.1) is 0 Å². The number of hydrogen-bond acceptors (Lipinski definition) is 2. The van der Waals surface area contributed by atoms with Gasteiger partial charge in [-0.05, 0) is 32.6 Å². The van der Waals surface area contributed by atoms with Gasteiger partial charge in [0.25, 0.3) is 0 Å². The van der Waals surface area contributed by atoms with Gasteiger partial charge in [0.15, 0.2) is 0 Å². The van der Waals surface area contributed by atoms with Crippen LogP contribution in [-0.4, -0.2) is 15.6 Å². The van der Waals surface area contributed by atoms with Gasteiger partial charge in [-0.1, -0.05) is 6.42 Å². The lowest BCUT2D eigenvalue weighted by Crippen LogP contribution is -2.37. The fraction of sp³-hybridized carbons (Fsp3) is 0.750. The third-order valence-electron chi connectivity index (χ3n) is 3.58. The van der Waals surface area contributed by atoms with Crippen LogP contribution in [0.4, 0.5) is 0 Å². The Labute approximate surface area is 91.9 Å². The zero-order valence-electron chi connectivity index (χ0n) is 9.74. The highest BCUT2D eigenvalue weighted by Crippen LogP contribution is 2.29. The second-order valence-corrected chi connectivity index (χ2v) is 4.49. The Balaban J connectivity index is 1.81. The van der Waals surface area contributed by atoms with E-state index >= 15 is 0 Å². The van der Waals surface area contributed by atoms with Crippen molar-refractivity contribution in [3.8, 4) is 0 Å². The lowest BCUT2D eigenvalue weighted by Gasteiger charge is -2.32. The number of hydrogen-bond donors (Lipinski definition) is 1. The van der Waals surface area contributed by atoms with Gasteiger partial charge < -0.3 is 9.88 Å². The minimum Gasteiger partial charge on any atom is -0.334 e. The Kier molecular flexibility index (Phi) is 3.41. The topological polar surface area (TPSA) is 29.9 Å². The molecule has 84 valence electrons. The van der Waals surface area contributed by atoms with Gasteiger partial charge in [-0.3, -0.25) is 0 Å². The van der Waals surface area contributed by atoms with E-state index in [1.807, 2.05) is 12.4 Å². The molecule has 1 atom stereocenters. The molecule has 1 saturated carbocycles. The Morgan fingerprint density at radius 3 is 3.00 bits per heavy atom. The number of aromatic nitrogens is 2. The molecular formula is C12H21N3. The number of aryl methyl sites for hydroxylation is 1. The van der Waals surface area contributed by atoms with E-state index in [-0.39, 0.29) is 0 Å². The zero-order chi connectivity index (χ0) is 10.7. The molecule has 15 heavy (non-hydrogen) atoms. The SMILES string of the molecule is CCn1ccnc1CNC(C)C1CCC1. The van der Waals surface area contributed by atoms with Crippen LogP contribution in [0, 0.1) is 5.92 Å². The molecular weight excluding hydrogens is 186 g/mol. The fourth-order valence-electron chi connectivity index (χ4n) is 2.15. The van der Waals surface area contributed by atoms with Crippen molar-refractivity contribution in [3.63, 3.8) is 0 Å². The van der Waals surface area contributed by atoms with Gasteiger partial charge in [0.1, 0.15) is 5.82 Å². The number of imidazole rings is 1. The second kappa shape index (κ2) is 4.79. The van der Waals surface area contributed by atoms with Crippen molar-refractivity contribution in [1.29, 1.82) is 0 Å². The Hall–Kier alpha value is -0.830. The van der Waals surface area contributed by atoms with Crippen molar-refractivity contribution < 1.29 is 0 Å². The molecule has 1 unspecified atom stereocenters. The zero-order valence-corrected chi connectivity index (χ0v) is 9.74. The van der Waals surface area contributed by atoms with Crippen molar-refractivity contribution >= 4 is 0 Å². The first kappa shape index (κ1) is 10.7. The van der Waals surface area contributed by atoms with Crippen molar-refractivity contribution in [2.75, 3.05) is 0 Å². The minimum atomic E-state index is 0.640. The van der Waals surface area contributed by atoms with E-state index < -0.39 is 0 Å². The molecule has 1 aromatic rings. The molecule has 1 aliphatic carbocycles. The van der Waals surface area contributed by atoms with E-state index in [9.17, 15) is 0 Å². The van der Waals surface area contributed by atoms with E-state index in [1.165, 1.54) is 19.3 Å². The lowest BCUT2D eigenvalue weighted by molar-refractivity contribution is 0.238. The first-order valence-electron chi connectivity index (χ1n) is 6.04. The van der Waals surface area contributed by atoms with Crippen LogP contribution < -0.4 is 5.32 Å². The third-order valence-corrected chi connectivity index (χ3v) is 3.58. The van der Waals surface area contributed by atoms with Crippen molar-refractivity contribution in [1.82, 2.24) is 14.9 Å². The smallest absolute Gasteiger partial charge is 0.122 e. The summed E-state index contributed by atoms with van der Waals surface area (Å²) in [5.41, 5.74) is 0. The van der Waals surface area contributed by atoms with E-state index in [0.29, 0.717) is 6.04 Å². The Morgan fingerprint density at radius 2 is 2.40 bits per heavy atom. The number of rotatable bonds is 5. The average molecular weight is 207 g/mol. The van der Waals surface area contributed by atoms with Crippen LogP contribution in [0.5, 0.6) is 0 Å². The molecule has 0 saturated heterocycles. The largest absolute Gasteiger partial charge is 0.334 e. The molecule has 1 aromatic heterocycles. The molecule has 0 amide bonds. The highest BCUT2D eigenvalue weighted by molar-refractivity contribution is 4.92. The van der Waals surface area contributed by atoms with Gasteiger partial charge in [-0.2, -0.15) is 0 Å². The average Bonchev–Trinajstić information content (AvgIpc) is 2.58. The van der Waals surface area contributed by atoms with Crippen molar-refractivity contribution in [3.05, 3.63) is 18.2 Å². The maximum Gasteiger partial charge on any atom is 0.122 e. The maximum absolute atomic E-state index is 4.36. The fourth-order valence-corrected chi connectivity index (χ4v) is 2.15. The van der Waals surface area contributed by atoms with Gasteiger partial charge in [0, 0.05) is 25.0 Å². The molecule has 0 radical (unpaired) electrons. The second-order valence-electron chi connectivity index (χ2n) is 4.49. The highest BCUT2D eigenvalue weighted by Gasteiger charge is 2.23. The van der Waals surface area contributed by atoms with Crippen LogP contribution in [-0.2, 0) is 13.1 Å². The van der Waals surface area contributed by atoms with Crippen LogP contribution in [0.15, 0.2) is 12.4 Å². The van der Waals surface area contributed by atoms with Crippen molar-refractivity contribution in [2.45, 2.75) is 52.2 Å². The summed E-state index contributed by atoms with van der Waals surface area (Å²) in [6, 6.07) is 0.640. The maximum atomic E-state index is 4.36. The number of nitrogens with zero attached hydrogens (tertiary/aromatic N) is 2. The van der Waals surface area contributed by atoms with E-state index in [1.54, 1.807) is 0 Å². The summed E-state index contributed by atoms with van der Waals surface area (Å²) in [6.45, 7) is 6.36. The van der Waals surface area contributed by atoms with Crippen LogP contribution in [0.1, 0.15) is 38.9 Å². The predicted molar refractivity (Wildman–Crippen MR) is 61.5 cm³/mol. The summed E-state index contributed by atoms with van der Waals surface area (Å²) in [5, 5.41) is 3.58. The van der Waals surface area contributed by atoms with Gasteiger partial charge >= 0.3 is 0 Å². The standard InChI is InChI=1S/C12H21N3/c1-3-15-8-7-13-12(15)9-14-10(2)11-5-4-6-11/h7-8,10-11,14H,3-6,9H2,1-2H3. The lowest BCUT2D eigenvalue weighted by atomic mass is 9.80. The molecule has 3 nitrogen and oxygen atoms in total. The minimum absolute atomic E-state index is 0.640. The predicted octanol–water partition coefficient (Wildman–Crippen LogP) is 2.18. The van der Waals surface area contributed by atoms with Crippen LogP contribution >= 0.6 is 0 Å². The Bertz CT molecular complexity index is 302. The molecule has 0 aromatic carbocycles. The summed E-state index contributed by atoms with van der Waals surface area (Å²) < 4.78 is 2.19. The highest BCUT2D eigenvalue weighted by atomic mass is 15.1. The molecule has 1 N–H and O–H groups in total. The summed E-state index contributed by atoms with van der Waals surface area (Å²) in [5.74, 6) is 2.05. The quantitative estimate of drug-likeness (QED) is 0.802. The summed E-state index contributed by atoms with van der Waals surface area (Å²) >= 11 is 0. The summed E-state index contributed by atoms with van der Waals surface area (Å²) in [7, 11) is 0. The first-order valence-corrected chi connectivity index (χ1v) is 6.04. The van der Waals surface area contributed by atoms with Crippen LogP contribution in [0.25, 0.3) is 0 Å². The summed E-state index contributed by atoms with van der Waals surface area (Å²) in [4.78, 5) is 4.36. The van der Waals surface area contributed by atoms with Gasteiger partial charge in [-0.25, -0.2) is 4.98 Å². The first-order chi connectivity index (χ1) is 7.31. The van der Waals surface area contributed by atoms with Crippen LogP contribution in [0.3, 0.4) is 0 Å². The molecule has 3 heteroatoms. The molecule has 1 aliphatic rings. The third kappa shape index (κ3) is 2.40. The molecule has 0 spiro atoms. The molecule has 0 bridgehead atoms. The van der Waals surface area contributed by atoms with Gasteiger partial charge in [0.05, 0.1) is 6.54 Å². The molecule has 0 aliphatic heterocycles. The monoisotopic (exact) mass is 207 g/mol. The molecule has 1 fully saturated rings. The number of nitrogens with one attached hydrogen (secondary N) is 1. The van der Waals surface area contributed by atoms with E-state index in [2.05, 4.69) is 28.7 Å². The molecule has 1 heterocycles. The van der Waals surface area contributed by atoms with E-state index in [0.717, 1.165) is 24.8 Å². The van der Waals surface area contributed by atoms with Crippen LogP contribution in [0.2, 0.25) is 0 Å².